The highest BCUT2D eigenvalue weighted by molar-refractivity contribution is 6.32. The summed E-state index contributed by atoms with van der Waals surface area (Å²) in [4.78, 5) is 16.4. The number of halogens is 1. The Kier molecular flexibility index (Phi) is 7.26. The molecule has 142 valence electrons. The minimum absolute atomic E-state index is 0.268. The fourth-order valence-electron chi connectivity index (χ4n) is 2.21. The molecule has 1 aromatic heterocycles. The van der Waals surface area contributed by atoms with E-state index in [1.807, 2.05) is 0 Å². The van der Waals surface area contributed by atoms with Crippen molar-refractivity contribution in [2.75, 3.05) is 20.3 Å². The molecule has 8 heteroatoms. The van der Waals surface area contributed by atoms with E-state index in [0.29, 0.717) is 59.3 Å². The van der Waals surface area contributed by atoms with Gasteiger partial charge in [0.25, 0.3) is 5.91 Å². The monoisotopic (exact) mass is 381 g/mol. The summed E-state index contributed by atoms with van der Waals surface area (Å²) >= 11 is 6.29. The lowest BCUT2D eigenvalue weighted by molar-refractivity contribution is 0.0953. The number of hydrogen-bond donors (Lipinski definition) is 1. The number of benzene rings is 1. The van der Waals surface area contributed by atoms with E-state index in [2.05, 4.69) is 29.3 Å². The van der Waals surface area contributed by atoms with E-state index >= 15 is 0 Å². The Morgan fingerprint density at radius 2 is 2.15 bits per heavy atom. The molecule has 1 aromatic carbocycles. The first-order valence-corrected chi connectivity index (χ1v) is 8.86. The summed E-state index contributed by atoms with van der Waals surface area (Å²) in [5, 5.41) is 6.83. The van der Waals surface area contributed by atoms with Crippen molar-refractivity contribution in [3.8, 4) is 11.5 Å². The molecule has 0 aliphatic heterocycles. The standard InChI is InChI=1S/C18H24ClN3O4/c1-11(2)6-8-25-17-14(19)9-13(10-15(17)24-4)18(23)20-7-5-16-21-12(3)22-26-16/h9-11H,5-8H2,1-4H3,(H,20,23). The maximum Gasteiger partial charge on any atom is 0.251 e. The van der Waals surface area contributed by atoms with Crippen molar-refractivity contribution in [3.05, 3.63) is 34.4 Å². The number of aryl methyl sites for hydroxylation is 1. The zero-order valence-electron chi connectivity index (χ0n) is 15.5. The van der Waals surface area contributed by atoms with Gasteiger partial charge in [0.1, 0.15) is 0 Å². The van der Waals surface area contributed by atoms with Gasteiger partial charge in [0.05, 0.1) is 18.7 Å². The molecule has 0 saturated heterocycles. The molecule has 0 atom stereocenters. The fourth-order valence-corrected chi connectivity index (χ4v) is 2.48. The largest absolute Gasteiger partial charge is 0.493 e. The molecule has 1 N–H and O–H groups in total. The molecule has 0 spiro atoms. The maximum absolute atomic E-state index is 12.3. The molecule has 0 aliphatic carbocycles. The van der Waals surface area contributed by atoms with Crippen molar-refractivity contribution >= 4 is 17.5 Å². The lowest BCUT2D eigenvalue weighted by atomic mass is 10.1. The van der Waals surface area contributed by atoms with Crippen LogP contribution >= 0.6 is 11.6 Å². The molecule has 0 unspecified atom stereocenters. The topological polar surface area (TPSA) is 86.5 Å². The highest BCUT2D eigenvalue weighted by atomic mass is 35.5. The van der Waals surface area contributed by atoms with E-state index in [1.54, 1.807) is 19.1 Å². The number of rotatable bonds is 9. The third-order valence-electron chi connectivity index (χ3n) is 3.63. The van der Waals surface area contributed by atoms with Gasteiger partial charge in [-0.3, -0.25) is 4.79 Å². The third kappa shape index (κ3) is 5.62. The Bertz CT molecular complexity index is 746. The first-order valence-electron chi connectivity index (χ1n) is 8.48. The molecular weight excluding hydrogens is 358 g/mol. The highest BCUT2D eigenvalue weighted by Gasteiger charge is 2.16. The molecule has 0 bridgehead atoms. The molecule has 2 aromatic rings. The van der Waals surface area contributed by atoms with Gasteiger partial charge in [-0.15, -0.1) is 0 Å². The van der Waals surface area contributed by atoms with E-state index in [4.69, 9.17) is 25.6 Å². The van der Waals surface area contributed by atoms with Gasteiger partial charge in [0.2, 0.25) is 5.89 Å². The Balaban J connectivity index is 1.99. The maximum atomic E-state index is 12.3. The molecule has 26 heavy (non-hydrogen) atoms. The lowest BCUT2D eigenvalue weighted by Gasteiger charge is -2.15. The molecule has 0 fully saturated rings. The summed E-state index contributed by atoms with van der Waals surface area (Å²) in [6, 6.07) is 3.18. The number of ether oxygens (including phenoxy) is 2. The zero-order chi connectivity index (χ0) is 19.1. The number of amides is 1. The molecule has 0 saturated carbocycles. The Morgan fingerprint density at radius 1 is 1.38 bits per heavy atom. The predicted molar refractivity (Wildman–Crippen MR) is 98.0 cm³/mol. The molecular formula is C18H24ClN3O4. The summed E-state index contributed by atoms with van der Waals surface area (Å²) < 4.78 is 16.1. The van der Waals surface area contributed by atoms with Crippen LogP contribution in [-0.4, -0.2) is 36.3 Å². The number of methoxy groups -OCH3 is 1. The molecule has 2 rings (SSSR count). The van der Waals surface area contributed by atoms with Crippen LogP contribution in [0.15, 0.2) is 16.7 Å². The quantitative estimate of drug-likeness (QED) is 0.716. The number of carbonyl (C=O) groups is 1. The second kappa shape index (κ2) is 9.43. The van der Waals surface area contributed by atoms with Crippen LogP contribution in [0.25, 0.3) is 0 Å². The van der Waals surface area contributed by atoms with Gasteiger partial charge in [-0.1, -0.05) is 30.6 Å². The number of nitrogens with one attached hydrogen (secondary N) is 1. The minimum atomic E-state index is -0.268. The second-order valence-electron chi connectivity index (χ2n) is 6.26. The number of carbonyl (C=O) groups excluding carboxylic acids is 1. The van der Waals surface area contributed by atoms with Crippen molar-refractivity contribution in [3.63, 3.8) is 0 Å². The van der Waals surface area contributed by atoms with Crippen molar-refractivity contribution in [2.24, 2.45) is 5.92 Å². The van der Waals surface area contributed by atoms with Crippen LogP contribution in [0.3, 0.4) is 0 Å². The van der Waals surface area contributed by atoms with Crippen LogP contribution in [0.5, 0.6) is 11.5 Å². The van der Waals surface area contributed by atoms with Crippen molar-refractivity contribution in [1.82, 2.24) is 15.5 Å². The first-order chi connectivity index (χ1) is 12.4. The predicted octanol–water partition coefficient (Wildman–Crippen LogP) is 3.44. The van der Waals surface area contributed by atoms with E-state index in [1.165, 1.54) is 7.11 Å². The zero-order valence-corrected chi connectivity index (χ0v) is 16.2. The molecule has 0 radical (unpaired) electrons. The lowest BCUT2D eigenvalue weighted by Crippen LogP contribution is -2.25. The van der Waals surface area contributed by atoms with Crippen molar-refractivity contribution < 1.29 is 18.8 Å². The van der Waals surface area contributed by atoms with Crippen molar-refractivity contribution in [2.45, 2.75) is 33.6 Å². The molecule has 1 heterocycles. The molecule has 1 amide bonds. The highest BCUT2D eigenvalue weighted by Crippen LogP contribution is 2.36. The van der Waals surface area contributed by atoms with E-state index in [0.717, 1.165) is 6.42 Å². The Labute approximate surface area is 158 Å². The summed E-state index contributed by atoms with van der Waals surface area (Å²) in [6.07, 6.45) is 1.35. The van der Waals surface area contributed by atoms with Crippen LogP contribution in [0.4, 0.5) is 0 Å². The SMILES string of the molecule is COc1cc(C(=O)NCCc2nc(C)no2)cc(Cl)c1OCCC(C)C. The van der Waals surface area contributed by atoms with E-state index in [9.17, 15) is 4.79 Å². The Hall–Kier alpha value is -2.28. The average molecular weight is 382 g/mol. The van der Waals surface area contributed by atoms with Gasteiger partial charge in [0.15, 0.2) is 17.3 Å². The Morgan fingerprint density at radius 3 is 2.77 bits per heavy atom. The van der Waals surface area contributed by atoms with Crippen LogP contribution in [0.1, 0.15) is 42.3 Å². The molecule has 0 aliphatic rings. The van der Waals surface area contributed by atoms with Gasteiger partial charge in [-0.25, -0.2) is 0 Å². The summed E-state index contributed by atoms with van der Waals surface area (Å²) in [7, 11) is 1.51. The van der Waals surface area contributed by atoms with Gasteiger partial charge in [0, 0.05) is 18.5 Å². The van der Waals surface area contributed by atoms with E-state index < -0.39 is 0 Å². The number of hydrogen-bond acceptors (Lipinski definition) is 6. The third-order valence-corrected chi connectivity index (χ3v) is 3.91. The van der Waals surface area contributed by atoms with Crippen molar-refractivity contribution in [1.29, 1.82) is 0 Å². The normalized spacial score (nSPS) is 10.8. The first kappa shape index (κ1) is 20.0. The van der Waals surface area contributed by atoms with Gasteiger partial charge in [-0.05, 0) is 31.4 Å². The van der Waals surface area contributed by atoms with Crippen LogP contribution in [0, 0.1) is 12.8 Å². The van der Waals surface area contributed by atoms with Gasteiger partial charge >= 0.3 is 0 Å². The summed E-state index contributed by atoms with van der Waals surface area (Å²) in [6.45, 7) is 6.87. The summed E-state index contributed by atoms with van der Waals surface area (Å²) in [5.74, 6) is 2.18. The van der Waals surface area contributed by atoms with Crippen LogP contribution < -0.4 is 14.8 Å². The van der Waals surface area contributed by atoms with Crippen LogP contribution in [-0.2, 0) is 6.42 Å². The number of aromatic nitrogens is 2. The van der Waals surface area contributed by atoms with Gasteiger partial charge < -0.3 is 19.3 Å². The average Bonchev–Trinajstić information content (AvgIpc) is 3.00. The minimum Gasteiger partial charge on any atom is -0.493 e. The van der Waals surface area contributed by atoms with E-state index in [-0.39, 0.29) is 5.91 Å². The smallest absolute Gasteiger partial charge is 0.251 e. The number of nitrogens with zero attached hydrogens (tertiary/aromatic N) is 2. The van der Waals surface area contributed by atoms with Gasteiger partial charge in [-0.2, -0.15) is 4.98 Å². The molecule has 7 nitrogen and oxygen atoms in total. The fraction of sp³-hybridized carbons (Fsp3) is 0.500. The van der Waals surface area contributed by atoms with Crippen LogP contribution in [0.2, 0.25) is 5.02 Å². The summed E-state index contributed by atoms with van der Waals surface area (Å²) in [5.41, 5.74) is 0.393. The second-order valence-corrected chi connectivity index (χ2v) is 6.67.